The molecule has 0 atom stereocenters. The number of aryl methyl sites for hydroxylation is 2. The maximum Gasteiger partial charge on any atom is 0.331 e. The van der Waals surface area contributed by atoms with Gasteiger partial charge in [-0.2, -0.15) is 0 Å². The van der Waals surface area contributed by atoms with Gasteiger partial charge in [-0.1, -0.05) is 37.5 Å². The van der Waals surface area contributed by atoms with E-state index in [9.17, 15) is 14.4 Å². The lowest BCUT2D eigenvalue weighted by Gasteiger charge is -2.35. The first-order valence-electron chi connectivity index (χ1n) is 10.5. The van der Waals surface area contributed by atoms with Gasteiger partial charge in [0.1, 0.15) is 5.57 Å². The lowest BCUT2D eigenvalue weighted by Crippen LogP contribution is -2.58. The molecule has 2 aliphatic rings. The second kappa shape index (κ2) is 7.94. The lowest BCUT2D eigenvalue weighted by molar-refractivity contribution is -0.132. The fraction of sp³-hybridized carbons (Fsp3) is 0.375. The van der Waals surface area contributed by atoms with Gasteiger partial charge < -0.3 is 4.57 Å². The first-order chi connectivity index (χ1) is 14.4. The van der Waals surface area contributed by atoms with E-state index in [2.05, 4.69) is 22.9 Å². The SMILES string of the molecule is Cc1ccccc1-n1c(C)cc(C=C2C(=O)NC(=O)N(C3CCCCC3)C2=O)c1C. The topological polar surface area (TPSA) is 71.4 Å². The summed E-state index contributed by atoms with van der Waals surface area (Å²) in [5.41, 5.74) is 4.97. The van der Waals surface area contributed by atoms with Gasteiger partial charge in [-0.15, -0.1) is 0 Å². The Labute approximate surface area is 176 Å². The zero-order valence-corrected chi connectivity index (χ0v) is 17.7. The van der Waals surface area contributed by atoms with Crippen LogP contribution in [-0.4, -0.2) is 33.4 Å². The molecule has 0 unspecified atom stereocenters. The molecular weight excluding hydrogens is 378 g/mol. The van der Waals surface area contributed by atoms with Gasteiger partial charge in [0, 0.05) is 23.1 Å². The van der Waals surface area contributed by atoms with E-state index in [1.54, 1.807) is 6.08 Å². The van der Waals surface area contributed by atoms with Crippen molar-refractivity contribution in [3.63, 3.8) is 0 Å². The van der Waals surface area contributed by atoms with Gasteiger partial charge in [-0.3, -0.25) is 19.8 Å². The van der Waals surface area contributed by atoms with Gasteiger partial charge in [-0.25, -0.2) is 4.79 Å². The van der Waals surface area contributed by atoms with E-state index in [1.807, 2.05) is 38.1 Å². The van der Waals surface area contributed by atoms with Crippen LogP contribution in [0.15, 0.2) is 35.9 Å². The Bertz CT molecular complexity index is 1060. The zero-order chi connectivity index (χ0) is 21.4. The number of rotatable bonds is 3. The van der Waals surface area contributed by atoms with Crippen molar-refractivity contribution in [2.45, 2.75) is 58.9 Å². The molecule has 156 valence electrons. The Hall–Kier alpha value is -3.15. The van der Waals surface area contributed by atoms with Crippen molar-refractivity contribution in [1.29, 1.82) is 0 Å². The van der Waals surface area contributed by atoms with Crippen molar-refractivity contribution < 1.29 is 14.4 Å². The van der Waals surface area contributed by atoms with Crippen LogP contribution in [0.3, 0.4) is 0 Å². The number of nitrogens with one attached hydrogen (secondary N) is 1. The molecule has 0 radical (unpaired) electrons. The molecule has 0 bridgehead atoms. The molecule has 2 aromatic rings. The number of carbonyl (C=O) groups excluding carboxylic acids is 3. The number of amides is 4. The normalized spacial score (nSPS) is 19.5. The summed E-state index contributed by atoms with van der Waals surface area (Å²) in [4.78, 5) is 39.3. The van der Waals surface area contributed by atoms with Crippen molar-refractivity contribution in [3.05, 3.63) is 58.4 Å². The van der Waals surface area contributed by atoms with Crippen LogP contribution in [0.25, 0.3) is 11.8 Å². The first-order valence-corrected chi connectivity index (χ1v) is 10.5. The van der Waals surface area contributed by atoms with E-state index < -0.39 is 17.8 Å². The van der Waals surface area contributed by atoms with Crippen LogP contribution in [0.5, 0.6) is 0 Å². The highest BCUT2D eigenvalue weighted by Crippen LogP contribution is 2.28. The minimum Gasteiger partial charge on any atom is -0.318 e. The standard InChI is InChI=1S/C24H27N3O3/c1-15-9-7-8-12-21(15)26-16(2)13-18(17(26)3)14-20-22(28)25-24(30)27(23(20)29)19-10-5-4-6-11-19/h7-9,12-14,19H,4-6,10-11H2,1-3H3,(H,25,28,30). The second-order valence-corrected chi connectivity index (χ2v) is 8.23. The molecule has 1 N–H and O–H groups in total. The molecule has 2 heterocycles. The number of aromatic nitrogens is 1. The van der Waals surface area contributed by atoms with Gasteiger partial charge in [-0.05, 0) is 62.9 Å². The van der Waals surface area contributed by atoms with E-state index in [1.165, 1.54) is 4.90 Å². The van der Waals surface area contributed by atoms with Gasteiger partial charge >= 0.3 is 6.03 Å². The average molecular weight is 405 g/mol. The number of barbiturate groups is 1. The van der Waals surface area contributed by atoms with E-state index >= 15 is 0 Å². The van der Waals surface area contributed by atoms with Gasteiger partial charge in [0.05, 0.1) is 0 Å². The molecule has 4 rings (SSSR count). The molecule has 2 fully saturated rings. The van der Waals surface area contributed by atoms with Crippen molar-refractivity contribution in [2.24, 2.45) is 0 Å². The van der Waals surface area contributed by atoms with Crippen molar-refractivity contribution >= 4 is 23.9 Å². The van der Waals surface area contributed by atoms with Crippen LogP contribution in [-0.2, 0) is 9.59 Å². The molecule has 30 heavy (non-hydrogen) atoms. The number of hydrogen-bond acceptors (Lipinski definition) is 3. The average Bonchev–Trinajstić information content (AvgIpc) is 2.99. The molecule has 6 nitrogen and oxygen atoms in total. The predicted octanol–water partition coefficient (Wildman–Crippen LogP) is 4.20. The summed E-state index contributed by atoms with van der Waals surface area (Å²) in [6.07, 6.45) is 6.31. The molecular formula is C24H27N3O3. The maximum atomic E-state index is 13.1. The highest BCUT2D eigenvalue weighted by molar-refractivity contribution is 6.31. The van der Waals surface area contributed by atoms with Crippen molar-refractivity contribution in [3.8, 4) is 5.69 Å². The zero-order valence-electron chi connectivity index (χ0n) is 17.7. The van der Waals surface area contributed by atoms with Crippen molar-refractivity contribution in [2.75, 3.05) is 0 Å². The summed E-state index contributed by atoms with van der Waals surface area (Å²) >= 11 is 0. The fourth-order valence-corrected chi connectivity index (χ4v) is 4.62. The maximum absolute atomic E-state index is 13.1. The Morgan fingerprint density at radius 2 is 1.70 bits per heavy atom. The van der Waals surface area contributed by atoms with E-state index in [-0.39, 0.29) is 11.6 Å². The third kappa shape index (κ3) is 3.47. The van der Waals surface area contributed by atoms with Crippen LogP contribution in [0.2, 0.25) is 0 Å². The summed E-state index contributed by atoms with van der Waals surface area (Å²) in [5, 5.41) is 2.36. The summed E-state index contributed by atoms with van der Waals surface area (Å²) in [7, 11) is 0. The Morgan fingerprint density at radius 3 is 2.40 bits per heavy atom. The number of nitrogens with zero attached hydrogens (tertiary/aromatic N) is 2. The van der Waals surface area contributed by atoms with E-state index in [0.717, 1.165) is 60.3 Å². The number of benzene rings is 1. The monoisotopic (exact) mass is 405 g/mol. The van der Waals surface area contributed by atoms with Gasteiger partial charge in [0.15, 0.2) is 0 Å². The largest absolute Gasteiger partial charge is 0.331 e. The Balaban J connectivity index is 1.73. The number of carbonyl (C=O) groups is 3. The van der Waals surface area contributed by atoms with Crippen LogP contribution >= 0.6 is 0 Å². The molecule has 0 spiro atoms. The Morgan fingerprint density at radius 1 is 1.00 bits per heavy atom. The summed E-state index contributed by atoms with van der Waals surface area (Å²) in [6.45, 7) is 6.03. The minimum absolute atomic E-state index is 0.0187. The third-order valence-electron chi connectivity index (χ3n) is 6.20. The number of urea groups is 1. The first kappa shape index (κ1) is 20.1. The molecule has 1 saturated heterocycles. The number of para-hydroxylation sites is 1. The van der Waals surface area contributed by atoms with Crippen molar-refractivity contribution in [1.82, 2.24) is 14.8 Å². The summed E-state index contributed by atoms with van der Waals surface area (Å²) < 4.78 is 2.12. The van der Waals surface area contributed by atoms with Crippen LogP contribution < -0.4 is 5.32 Å². The lowest BCUT2D eigenvalue weighted by atomic mass is 9.93. The quantitative estimate of drug-likeness (QED) is 0.615. The van der Waals surface area contributed by atoms with Crippen LogP contribution in [0, 0.1) is 20.8 Å². The number of imide groups is 2. The molecule has 1 aromatic carbocycles. The number of hydrogen-bond donors (Lipinski definition) is 1. The highest BCUT2D eigenvalue weighted by Gasteiger charge is 2.40. The second-order valence-electron chi connectivity index (χ2n) is 8.23. The Kier molecular flexibility index (Phi) is 5.33. The smallest absolute Gasteiger partial charge is 0.318 e. The predicted molar refractivity (Wildman–Crippen MR) is 115 cm³/mol. The van der Waals surface area contributed by atoms with Gasteiger partial charge in [0.25, 0.3) is 11.8 Å². The molecule has 4 amide bonds. The van der Waals surface area contributed by atoms with Gasteiger partial charge in [0.2, 0.25) is 0 Å². The van der Waals surface area contributed by atoms with Crippen LogP contribution in [0.1, 0.15) is 54.6 Å². The molecule has 1 saturated carbocycles. The van der Waals surface area contributed by atoms with Crippen LogP contribution in [0.4, 0.5) is 4.79 Å². The molecule has 1 aliphatic heterocycles. The van der Waals surface area contributed by atoms with E-state index in [4.69, 9.17) is 0 Å². The molecule has 1 aliphatic carbocycles. The summed E-state index contributed by atoms with van der Waals surface area (Å²) in [5.74, 6) is -1.12. The fourth-order valence-electron chi connectivity index (χ4n) is 4.62. The molecule has 6 heteroatoms. The van der Waals surface area contributed by atoms with E-state index in [0.29, 0.717) is 0 Å². The highest BCUT2D eigenvalue weighted by atomic mass is 16.2. The minimum atomic E-state index is -0.627. The third-order valence-corrected chi connectivity index (χ3v) is 6.20. The molecule has 1 aromatic heterocycles. The summed E-state index contributed by atoms with van der Waals surface area (Å²) in [6, 6.07) is 9.33.